The van der Waals surface area contributed by atoms with Gasteiger partial charge in [-0.2, -0.15) is 0 Å². The van der Waals surface area contributed by atoms with Gasteiger partial charge in [-0.1, -0.05) is 13.5 Å². The van der Waals surface area contributed by atoms with Crippen molar-refractivity contribution in [3.05, 3.63) is 12.7 Å². The fraction of sp³-hybridized carbons (Fsp3) is 0.625. The lowest BCUT2D eigenvalue weighted by atomic mass is 10.5. The first-order valence-corrected chi connectivity index (χ1v) is 5.66. The molecular formula is C8H17O6P. The third-order valence-electron chi connectivity index (χ3n) is 1.08. The van der Waals surface area contributed by atoms with E-state index in [1.165, 1.54) is 0 Å². The van der Waals surface area contributed by atoms with E-state index in [9.17, 15) is 9.36 Å². The highest BCUT2D eigenvalue weighted by Crippen LogP contribution is 2.40. The molecule has 0 aromatic heterocycles. The molecule has 6 nitrogen and oxygen atoms in total. The van der Waals surface area contributed by atoms with E-state index in [1.807, 2.05) is 6.92 Å². The first kappa shape index (κ1) is 16.7. The highest BCUT2D eigenvalue weighted by atomic mass is 31.2. The van der Waals surface area contributed by atoms with Crippen LogP contribution in [0.5, 0.6) is 0 Å². The van der Waals surface area contributed by atoms with Gasteiger partial charge in [0.25, 0.3) is 0 Å². The Morgan fingerprint density at radius 3 is 2.13 bits per heavy atom. The van der Waals surface area contributed by atoms with Crippen LogP contribution in [0.2, 0.25) is 0 Å². The fourth-order valence-corrected chi connectivity index (χ4v) is 0.485. The first-order chi connectivity index (χ1) is 6.93. The Morgan fingerprint density at radius 2 is 1.93 bits per heavy atom. The number of esters is 1. The van der Waals surface area contributed by atoms with Gasteiger partial charge >= 0.3 is 13.8 Å². The Kier molecular flexibility index (Phi) is 11.0. The molecule has 0 aromatic rings. The number of carbonyl (C=O) groups is 1. The van der Waals surface area contributed by atoms with Crippen LogP contribution in [-0.2, 0) is 23.1 Å². The molecule has 0 unspecified atom stereocenters. The number of hydrogen-bond acceptors (Lipinski definition) is 5. The number of rotatable bonds is 5. The zero-order chi connectivity index (χ0) is 12.3. The first-order valence-electron chi connectivity index (χ1n) is 4.17. The zero-order valence-corrected chi connectivity index (χ0v) is 10.0. The molecule has 0 spiro atoms. The van der Waals surface area contributed by atoms with Crippen LogP contribution in [0.4, 0.5) is 0 Å². The van der Waals surface area contributed by atoms with E-state index < -0.39 is 7.82 Å². The maximum Gasteiger partial charge on any atom is 0.471 e. The van der Waals surface area contributed by atoms with Crippen molar-refractivity contribution in [1.29, 1.82) is 0 Å². The number of hydrogen-bond donors (Lipinski definition) is 1. The van der Waals surface area contributed by atoms with Gasteiger partial charge in [-0.05, 0) is 6.42 Å². The Hall–Kier alpha value is -0.680. The van der Waals surface area contributed by atoms with E-state index in [1.54, 1.807) is 0 Å². The van der Waals surface area contributed by atoms with Crippen molar-refractivity contribution < 1.29 is 28.0 Å². The molecule has 0 aromatic carbocycles. The van der Waals surface area contributed by atoms with E-state index in [2.05, 4.69) is 20.4 Å². The molecule has 1 N–H and O–H groups in total. The number of ether oxygens (including phenoxy) is 1. The summed E-state index contributed by atoms with van der Waals surface area (Å²) in [5.74, 6) is -0.341. The quantitative estimate of drug-likeness (QED) is 0.445. The molecule has 0 fully saturated rings. The minimum atomic E-state index is -3.65. The molecule has 0 saturated heterocycles. The third kappa shape index (κ3) is 13.3. The monoisotopic (exact) mass is 240 g/mol. The minimum absolute atomic E-state index is 0.341. The average Bonchev–Trinajstić information content (AvgIpc) is 2.26. The topological polar surface area (TPSA) is 82.1 Å². The molecule has 0 atom stereocenters. The van der Waals surface area contributed by atoms with Crippen molar-refractivity contribution in [3.63, 3.8) is 0 Å². The van der Waals surface area contributed by atoms with Gasteiger partial charge in [-0.15, -0.1) is 0 Å². The Bertz CT molecular complexity index is 219. The second-order valence-electron chi connectivity index (χ2n) is 2.21. The van der Waals surface area contributed by atoms with E-state index in [0.717, 1.165) is 26.7 Å². The van der Waals surface area contributed by atoms with E-state index in [4.69, 9.17) is 4.89 Å². The molecule has 0 aliphatic heterocycles. The number of phosphoric ester groups is 1. The summed E-state index contributed by atoms with van der Waals surface area (Å²) in [5, 5.41) is 0. The summed E-state index contributed by atoms with van der Waals surface area (Å²) in [6.07, 6.45) is 2.02. The summed E-state index contributed by atoms with van der Waals surface area (Å²) in [6.45, 7) is 5.67. The summed E-state index contributed by atoms with van der Waals surface area (Å²) in [5.41, 5.74) is 0. The van der Waals surface area contributed by atoms with E-state index in [-0.39, 0.29) is 5.97 Å². The molecule has 0 rings (SSSR count). The van der Waals surface area contributed by atoms with E-state index in [0.29, 0.717) is 6.61 Å². The largest absolute Gasteiger partial charge is 0.471 e. The van der Waals surface area contributed by atoms with Crippen LogP contribution in [0.1, 0.15) is 13.3 Å². The van der Waals surface area contributed by atoms with Crippen LogP contribution in [0.25, 0.3) is 0 Å². The van der Waals surface area contributed by atoms with Crippen LogP contribution in [-0.4, -0.2) is 31.7 Å². The molecule has 0 saturated carbocycles. The molecule has 15 heavy (non-hydrogen) atoms. The summed E-state index contributed by atoms with van der Waals surface area (Å²) < 4.78 is 22.6. The van der Waals surface area contributed by atoms with Crippen LogP contribution < -0.4 is 0 Å². The van der Waals surface area contributed by atoms with Gasteiger partial charge in [0, 0.05) is 20.3 Å². The number of phosphoric acid groups is 1. The molecule has 7 heteroatoms. The molecular weight excluding hydrogens is 223 g/mol. The lowest BCUT2D eigenvalue weighted by molar-refractivity contribution is -0.137. The molecule has 0 radical (unpaired) electrons. The van der Waals surface area contributed by atoms with Gasteiger partial charge < -0.3 is 9.63 Å². The number of carbonyl (C=O) groups excluding carboxylic acids is 1. The predicted molar refractivity (Wildman–Crippen MR) is 55.3 cm³/mol. The highest BCUT2D eigenvalue weighted by Gasteiger charge is 2.13. The lowest BCUT2D eigenvalue weighted by Gasteiger charge is -2.01. The average molecular weight is 240 g/mol. The standard InChI is InChI=1S/C6H10O2.C2H7O4P/c1-3-5-8-6(7)4-2;1-5-7(3,4)6-2/h4H,2-3,5H2,1H3;1-2H3,(H,3,4). The summed E-state index contributed by atoms with van der Waals surface area (Å²) in [6, 6.07) is 0. The van der Waals surface area contributed by atoms with Gasteiger partial charge in [0.05, 0.1) is 6.61 Å². The third-order valence-corrected chi connectivity index (χ3v) is 2.00. The molecule has 0 heterocycles. The Labute approximate surface area is 89.5 Å². The van der Waals surface area contributed by atoms with E-state index >= 15 is 0 Å². The maximum absolute atomic E-state index is 10.2. The highest BCUT2D eigenvalue weighted by molar-refractivity contribution is 7.47. The van der Waals surface area contributed by atoms with Crippen molar-refractivity contribution in [2.75, 3.05) is 20.8 Å². The van der Waals surface area contributed by atoms with Gasteiger partial charge in [0.2, 0.25) is 0 Å². The van der Waals surface area contributed by atoms with Crippen LogP contribution in [0, 0.1) is 0 Å². The summed E-state index contributed by atoms with van der Waals surface area (Å²) in [4.78, 5) is 18.5. The normalized spacial score (nSPS) is 9.87. The van der Waals surface area contributed by atoms with Crippen molar-refractivity contribution in [1.82, 2.24) is 0 Å². The van der Waals surface area contributed by atoms with Crippen molar-refractivity contribution in [2.24, 2.45) is 0 Å². The SMILES string of the molecule is C=CC(=O)OCCC.COP(=O)(O)OC. The second kappa shape index (κ2) is 9.86. The van der Waals surface area contributed by atoms with Crippen LogP contribution >= 0.6 is 7.82 Å². The maximum atomic E-state index is 10.2. The Balaban J connectivity index is 0. The molecule has 0 aliphatic rings. The summed E-state index contributed by atoms with van der Waals surface area (Å²) >= 11 is 0. The van der Waals surface area contributed by atoms with Gasteiger partial charge in [0.1, 0.15) is 0 Å². The van der Waals surface area contributed by atoms with Gasteiger partial charge in [0.15, 0.2) is 0 Å². The molecule has 0 bridgehead atoms. The van der Waals surface area contributed by atoms with Crippen molar-refractivity contribution in [2.45, 2.75) is 13.3 Å². The zero-order valence-electron chi connectivity index (χ0n) is 9.13. The van der Waals surface area contributed by atoms with Crippen molar-refractivity contribution >= 4 is 13.8 Å². The molecule has 0 aliphatic carbocycles. The smallest absolute Gasteiger partial charge is 0.463 e. The Morgan fingerprint density at radius 1 is 1.47 bits per heavy atom. The molecule has 0 amide bonds. The van der Waals surface area contributed by atoms with Crippen molar-refractivity contribution in [3.8, 4) is 0 Å². The second-order valence-corrected chi connectivity index (χ2v) is 3.87. The van der Waals surface area contributed by atoms with Gasteiger partial charge in [-0.3, -0.25) is 9.05 Å². The lowest BCUT2D eigenvalue weighted by Crippen LogP contribution is -1.99. The van der Waals surface area contributed by atoms with Crippen LogP contribution in [0.3, 0.4) is 0 Å². The summed E-state index contributed by atoms with van der Waals surface area (Å²) in [7, 11) is -1.45. The minimum Gasteiger partial charge on any atom is -0.463 e. The van der Waals surface area contributed by atoms with Gasteiger partial charge in [-0.25, -0.2) is 9.36 Å². The van der Waals surface area contributed by atoms with Crippen LogP contribution in [0.15, 0.2) is 12.7 Å². The molecule has 90 valence electrons. The predicted octanol–water partition coefficient (Wildman–Crippen LogP) is 1.51. The fourth-order valence-electron chi connectivity index (χ4n) is 0.336.